The van der Waals surface area contributed by atoms with Gasteiger partial charge in [-0.2, -0.15) is 0 Å². The number of likely N-dealkylation sites (tertiary alicyclic amines) is 1. The first kappa shape index (κ1) is 13.6. The number of halogens is 1. The predicted molar refractivity (Wildman–Crippen MR) is 81.9 cm³/mol. The molecular weight excluding hydrogens is 320 g/mol. The lowest BCUT2D eigenvalue weighted by Crippen LogP contribution is -2.40. The molecule has 2 heterocycles. The van der Waals surface area contributed by atoms with Gasteiger partial charge in [-0.15, -0.1) is 0 Å². The maximum Gasteiger partial charge on any atom is 0.289 e. The molecule has 0 aliphatic carbocycles. The maximum absolute atomic E-state index is 12.6. The van der Waals surface area contributed by atoms with Crippen molar-refractivity contribution in [2.24, 2.45) is 0 Å². The van der Waals surface area contributed by atoms with Crippen molar-refractivity contribution >= 4 is 32.8 Å². The summed E-state index contributed by atoms with van der Waals surface area (Å²) in [6.07, 6.45) is 2.11. The number of hydrogen-bond donors (Lipinski definition) is 1. The van der Waals surface area contributed by atoms with Crippen LogP contribution in [0, 0.1) is 0 Å². The van der Waals surface area contributed by atoms with Gasteiger partial charge in [0.25, 0.3) is 5.91 Å². The third kappa shape index (κ3) is 2.36. The van der Waals surface area contributed by atoms with E-state index >= 15 is 0 Å². The molecule has 0 saturated carbocycles. The summed E-state index contributed by atoms with van der Waals surface area (Å²) in [5, 5.41) is 4.10. The van der Waals surface area contributed by atoms with E-state index in [0.29, 0.717) is 5.76 Å². The number of carbonyl (C=O) groups excluding carboxylic acids is 1. The van der Waals surface area contributed by atoms with E-state index in [9.17, 15) is 4.79 Å². The number of fused-ring (bicyclic) bond motifs is 1. The number of carbonyl (C=O) groups is 1. The molecular formula is C15H17BrN2O2. The lowest BCUT2D eigenvalue weighted by Gasteiger charge is -2.23. The van der Waals surface area contributed by atoms with Gasteiger partial charge >= 0.3 is 0 Å². The molecule has 1 aromatic heterocycles. The second-order valence-electron chi connectivity index (χ2n) is 5.12. The van der Waals surface area contributed by atoms with Crippen LogP contribution in [0.1, 0.15) is 23.4 Å². The molecule has 1 fully saturated rings. The SMILES string of the molecule is CNCC1CCCN1C(=O)c1cc2cccc(Br)c2o1. The van der Waals surface area contributed by atoms with Crippen LogP contribution in [0.25, 0.3) is 11.0 Å². The van der Waals surface area contributed by atoms with Crippen LogP contribution in [0.5, 0.6) is 0 Å². The van der Waals surface area contributed by atoms with Crippen LogP contribution in [-0.4, -0.2) is 37.0 Å². The van der Waals surface area contributed by atoms with E-state index < -0.39 is 0 Å². The zero-order valence-electron chi connectivity index (χ0n) is 11.4. The summed E-state index contributed by atoms with van der Waals surface area (Å²) in [6, 6.07) is 7.91. The van der Waals surface area contributed by atoms with Crippen LogP contribution in [0.15, 0.2) is 33.2 Å². The van der Waals surface area contributed by atoms with Gasteiger partial charge in [0.05, 0.1) is 4.47 Å². The molecule has 1 aliphatic rings. The molecule has 2 aromatic rings. The molecule has 0 radical (unpaired) electrons. The zero-order chi connectivity index (χ0) is 14.1. The first-order chi connectivity index (χ1) is 9.70. The fourth-order valence-electron chi connectivity index (χ4n) is 2.83. The highest BCUT2D eigenvalue weighted by Crippen LogP contribution is 2.29. The van der Waals surface area contributed by atoms with Crippen LogP contribution in [0.3, 0.4) is 0 Å². The Morgan fingerprint density at radius 3 is 3.15 bits per heavy atom. The second kappa shape index (κ2) is 5.58. The van der Waals surface area contributed by atoms with E-state index in [1.54, 1.807) is 0 Å². The Balaban J connectivity index is 1.90. The van der Waals surface area contributed by atoms with E-state index in [2.05, 4.69) is 21.2 Å². The predicted octanol–water partition coefficient (Wildman–Crippen LogP) is 3.02. The number of likely N-dealkylation sites (N-methyl/N-ethyl adjacent to an activating group) is 1. The molecule has 0 bridgehead atoms. The molecule has 3 rings (SSSR count). The maximum atomic E-state index is 12.6. The number of nitrogens with zero attached hydrogens (tertiary/aromatic N) is 1. The largest absolute Gasteiger partial charge is 0.450 e. The number of nitrogens with one attached hydrogen (secondary N) is 1. The zero-order valence-corrected chi connectivity index (χ0v) is 12.9. The summed E-state index contributed by atoms with van der Waals surface area (Å²) in [4.78, 5) is 14.5. The van der Waals surface area contributed by atoms with Gasteiger partial charge in [0.15, 0.2) is 5.76 Å². The molecule has 0 spiro atoms. The van der Waals surface area contributed by atoms with Crippen molar-refractivity contribution in [3.05, 3.63) is 34.5 Å². The fraction of sp³-hybridized carbons (Fsp3) is 0.400. The Morgan fingerprint density at radius 1 is 1.55 bits per heavy atom. The first-order valence-electron chi connectivity index (χ1n) is 6.84. The third-order valence-electron chi connectivity index (χ3n) is 3.78. The van der Waals surface area contributed by atoms with Crippen LogP contribution < -0.4 is 5.32 Å². The van der Waals surface area contributed by atoms with Crippen molar-refractivity contribution < 1.29 is 9.21 Å². The Kier molecular flexibility index (Phi) is 3.81. The molecule has 1 saturated heterocycles. The minimum Gasteiger partial charge on any atom is -0.450 e. The van der Waals surface area contributed by atoms with E-state index in [-0.39, 0.29) is 11.9 Å². The number of rotatable bonds is 3. The highest BCUT2D eigenvalue weighted by molar-refractivity contribution is 9.10. The number of amides is 1. The van der Waals surface area contributed by atoms with Crippen molar-refractivity contribution in [3.63, 3.8) is 0 Å². The van der Waals surface area contributed by atoms with Gasteiger partial charge in [-0.1, -0.05) is 12.1 Å². The van der Waals surface area contributed by atoms with E-state index in [0.717, 1.165) is 41.4 Å². The topological polar surface area (TPSA) is 45.5 Å². The van der Waals surface area contributed by atoms with Crippen LogP contribution >= 0.6 is 15.9 Å². The van der Waals surface area contributed by atoms with Crippen molar-refractivity contribution in [3.8, 4) is 0 Å². The lowest BCUT2D eigenvalue weighted by atomic mass is 10.2. The molecule has 5 heteroatoms. The van der Waals surface area contributed by atoms with Crippen LogP contribution in [-0.2, 0) is 0 Å². The molecule has 1 aromatic carbocycles. The van der Waals surface area contributed by atoms with Crippen LogP contribution in [0.4, 0.5) is 0 Å². The molecule has 4 nitrogen and oxygen atoms in total. The summed E-state index contributed by atoms with van der Waals surface area (Å²) in [5.41, 5.74) is 0.736. The molecule has 1 atom stereocenters. The lowest BCUT2D eigenvalue weighted by molar-refractivity contribution is 0.0707. The monoisotopic (exact) mass is 336 g/mol. The Morgan fingerprint density at radius 2 is 2.40 bits per heavy atom. The summed E-state index contributed by atoms with van der Waals surface area (Å²) < 4.78 is 6.62. The average molecular weight is 337 g/mol. The van der Waals surface area contributed by atoms with E-state index in [1.807, 2.05) is 36.2 Å². The van der Waals surface area contributed by atoms with Gasteiger partial charge in [-0.3, -0.25) is 4.79 Å². The quantitative estimate of drug-likeness (QED) is 0.936. The fourth-order valence-corrected chi connectivity index (χ4v) is 3.29. The van der Waals surface area contributed by atoms with Gasteiger partial charge in [0, 0.05) is 24.5 Å². The summed E-state index contributed by atoms with van der Waals surface area (Å²) >= 11 is 3.45. The molecule has 1 unspecified atom stereocenters. The normalized spacial score (nSPS) is 18.9. The highest BCUT2D eigenvalue weighted by Gasteiger charge is 2.30. The standard InChI is InChI=1S/C15H17BrN2O2/c1-17-9-11-5-3-7-18(11)15(19)13-8-10-4-2-6-12(16)14(10)20-13/h2,4,6,8,11,17H,3,5,7,9H2,1H3. The number of furan rings is 1. The number of para-hydroxylation sites is 1. The number of benzene rings is 1. The van der Waals surface area contributed by atoms with Gasteiger partial charge in [0.1, 0.15) is 5.58 Å². The Labute approximate surface area is 126 Å². The highest BCUT2D eigenvalue weighted by atomic mass is 79.9. The van der Waals surface area contributed by atoms with Crippen molar-refractivity contribution in [2.45, 2.75) is 18.9 Å². The second-order valence-corrected chi connectivity index (χ2v) is 5.98. The minimum atomic E-state index is -0.00847. The summed E-state index contributed by atoms with van der Waals surface area (Å²) in [6.45, 7) is 1.64. The van der Waals surface area contributed by atoms with Crippen molar-refractivity contribution in [2.75, 3.05) is 20.1 Å². The summed E-state index contributed by atoms with van der Waals surface area (Å²) in [7, 11) is 1.92. The van der Waals surface area contributed by atoms with Crippen molar-refractivity contribution in [1.29, 1.82) is 0 Å². The summed E-state index contributed by atoms with van der Waals surface area (Å²) in [5.74, 6) is 0.417. The third-order valence-corrected chi connectivity index (χ3v) is 4.41. The molecule has 1 aliphatic heterocycles. The first-order valence-corrected chi connectivity index (χ1v) is 7.63. The van der Waals surface area contributed by atoms with Gasteiger partial charge in [0.2, 0.25) is 0 Å². The van der Waals surface area contributed by atoms with Gasteiger partial charge in [-0.05, 0) is 48.0 Å². The Bertz CT molecular complexity index is 638. The Hall–Kier alpha value is -1.33. The number of hydrogen-bond acceptors (Lipinski definition) is 3. The van der Waals surface area contributed by atoms with Gasteiger partial charge in [-0.25, -0.2) is 0 Å². The van der Waals surface area contributed by atoms with Crippen molar-refractivity contribution in [1.82, 2.24) is 10.2 Å². The minimum absolute atomic E-state index is 0.00847. The van der Waals surface area contributed by atoms with Gasteiger partial charge < -0.3 is 14.6 Å². The average Bonchev–Trinajstić information content (AvgIpc) is 3.05. The molecule has 1 N–H and O–H groups in total. The van der Waals surface area contributed by atoms with Crippen LogP contribution in [0.2, 0.25) is 0 Å². The molecule has 1 amide bonds. The smallest absolute Gasteiger partial charge is 0.289 e. The van der Waals surface area contributed by atoms with E-state index in [4.69, 9.17) is 4.42 Å². The molecule has 106 valence electrons. The molecule has 20 heavy (non-hydrogen) atoms. The van der Waals surface area contributed by atoms with E-state index in [1.165, 1.54) is 0 Å².